The molecule has 1 aromatic rings. The van der Waals surface area contributed by atoms with E-state index in [1.165, 1.54) is 7.11 Å². The number of aryl methyl sites for hydroxylation is 1. The van der Waals surface area contributed by atoms with Gasteiger partial charge in [0.05, 0.1) is 0 Å². The monoisotopic (exact) mass is 237 g/mol. The molecular formula is C13H19NO3. The van der Waals surface area contributed by atoms with Gasteiger partial charge >= 0.3 is 0 Å². The largest absolute Gasteiger partial charge is 0.383 e. The highest BCUT2D eigenvalue weighted by Crippen LogP contribution is 2.05. The zero-order valence-electron chi connectivity index (χ0n) is 10.2. The Hall–Kier alpha value is -1.39. The van der Waals surface area contributed by atoms with Gasteiger partial charge < -0.3 is 15.2 Å². The van der Waals surface area contributed by atoms with Crippen LogP contribution in [0.4, 0.5) is 0 Å². The Morgan fingerprint density at radius 2 is 2.06 bits per heavy atom. The van der Waals surface area contributed by atoms with Gasteiger partial charge in [-0.15, -0.1) is 0 Å². The summed E-state index contributed by atoms with van der Waals surface area (Å²) in [6.45, 7) is 1.71. The minimum atomic E-state index is -0.993. The Kier molecular flexibility index (Phi) is 5.66. The van der Waals surface area contributed by atoms with E-state index in [0.717, 1.165) is 5.56 Å². The van der Waals surface area contributed by atoms with Crippen LogP contribution in [0.15, 0.2) is 30.3 Å². The van der Waals surface area contributed by atoms with E-state index >= 15 is 0 Å². The molecule has 0 bridgehead atoms. The fourth-order valence-electron chi connectivity index (χ4n) is 1.43. The molecule has 0 aliphatic heterocycles. The summed E-state index contributed by atoms with van der Waals surface area (Å²) in [5.41, 5.74) is 1.11. The molecule has 94 valence electrons. The van der Waals surface area contributed by atoms with E-state index in [-0.39, 0.29) is 6.23 Å². The highest BCUT2D eigenvalue weighted by atomic mass is 16.5. The summed E-state index contributed by atoms with van der Waals surface area (Å²) in [6, 6.07) is 9.77. The van der Waals surface area contributed by atoms with E-state index in [9.17, 15) is 9.90 Å². The predicted octanol–water partition coefficient (Wildman–Crippen LogP) is 1.09. The van der Waals surface area contributed by atoms with Crippen LogP contribution in [-0.4, -0.2) is 30.5 Å². The van der Waals surface area contributed by atoms with Crippen molar-refractivity contribution in [3.05, 3.63) is 35.9 Å². The lowest BCUT2D eigenvalue weighted by Gasteiger charge is -2.15. The Bertz CT molecular complexity index is 340. The molecule has 1 amide bonds. The Morgan fingerprint density at radius 1 is 1.41 bits per heavy atom. The molecule has 0 spiro atoms. The number of nitrogens with one attached hydrogen (secondary N) is 1. The fourth-order valence-corrected chi connectivity index (χ4v) is 1.43. The summed E-state index contributed by atoms with van der Waals surface area (Å²) in [4.78, 5) is 11.5. The molecule has 2 N–H and O–H groups in total. The lowest BCUT2D eigenvalue weighted by Crippen LogP contribution is -2.41. The SMILES string of the molecule is CO[C@H](C)NC(=O)[C@@H](O)CCc1ccccc1. The minimum absolute atomic E-state index is 0.381. The molecule has 0 aromatic heterocycles. The van der Waals surface area contributed by atoms with Crippen molar-refractivity contribution in [2.24, 2.45) is 0 Å². The number of rotatable bonds is 6. The molecule has 17 heavy (non-hydrogen) atoms. The van der Waals surface area contributed by atoms with Crippen molar-refractivity contribution in [2.75, 3.05) is 7.11 Å². The van der Waals surface area contributed by atoms with E-state index in [0.29, 0.717) is 12.8 Å². The van der Waals surface area contributed by atoms with Gasteiger partial charge in [0.1, 0.15) is 12.3 Å². The third kappa shape index (κ3) is 4.97. The quantitative estimate of drug-likeness (QED) is 0.728. The first-order valence-corrected chi connectivity index (χ1v) is 5.68. The number of benzene rings is 1. The molecule has 0 aliphatic carbocycles. The van der Waals surface area contributed by atoms with Gasteiger partial charge in [-0.2, -0.15) is 0 Å². The lowest BCUT2D eigenvalue weighted by molar-refractivity contribution is -0.133. The molecule has 4 heteroatoms. The number of ether oxygens (including phenoxy) is 1. The standard InChI is InChI=1S/C13H19NO3/c1-10(17-2)14-13(16)12(15)9-8-11-6-4-3-5-7-11/h3-7,10,12,15H,8-9H2,1-2H3,(H,14,16)/t10-,12+/m1/s1. The van der Waals surface area contributed by atoms with Gasteiger partial charge in [-0.1, -0.05) is 30.3 Å². The molecule has 4 nitrogen and oxygen atoms in total. The van der Waals surface area contributed by atoms with Gasteiger partial charge in [0.15, 0.2) is 0 Å². The van der Waals surface area contributed by atoms with E-state index in [2.05, 4.69) is 5.32 Å². The average molecular weight is 237 g/mol. The van der Waals surface area contributed by atoms with E-state index in [1.807, 2.05) is 30.3 Å². The van der Waals surface area contributed by atoms with Crippen LogP contribution in [0.1, 0.15) is 18.9 Å². The zero-order valence-corrected chi connectivity index (χ0v) is 10.2. The molecule has 0 radical (unpaired) electrons. The number of carbonyl (C=O) groups is 1. The first-order chi connectivity index (χ1) is 8.13. The third-order valence-corrected chi connectivity index (χ3v) is 2.55. The molecule has 2 atom stereocenters. The summed E-state index contributed by atoms with van der Waals surface area (Å²) in [5.74, 6) is -0.393. The molecule has 0 fully saturated rings. The smallest absolute Gasteiger partial charge is 0.250 e. The molecular weight excluding hydrogens is 218 g/mol. The molecule has 0 aliphatic rings. The van der Waals surface area contributed by atoms with Crippen molar-refractivity contribution in [1.29, 1.82) is 0 Å². The Labute approximate surface area is 102 Å². The number of aliphatic hydroxyl groups excluding tert-OH is 1. The summed E-state index contributed by atoms with van der Waals surface area (Å²) >= 11 is 0. The van der Waals surface area contributed by atoms with Crippen LogP contribution in [0.5, 0.6) is 0 Å². The normalized spacial score (nSPS) is 14.1. The zero-order chi connectivity index (χ0) is 12.7. The molecule has 1 aromatic carbocycles. The number of hydrogen-bond acceptors (Lipinski definition) is 3. The van der Waals surface area contributed by atoms with Gasteiger partial charge in [0.25, 0.3) is 5.91 Å². The van der Waals surface area contributed by atoms with Gasteiger partial charge in [0.2, 0.25) is 0 Å². The Balaban J connectivity index is 2.34. The summed E-state index contributed by atoms with van der Waals surface area (Å²) in [6.07, 6.45) is -0.287. The van der Waals surface area contributed by atoms with Crippen molar-refractivity contribution >= 4 is 5.91 Å². The van der Waals surface area contributed by atoms with E-state index in [1.54, 1.807) is 6.92 Å². The van der Waals surface area contributed by atoms with Gasteiger partial charge in [0, 0.05) is 7.11 Å². The first kappa shape index (κ1) is 13.7. The van der Waals surface area contributed by atoms with Crippen molar-refractivity contribution in [3.8, 4) is 0 Å². The van der Waals surface area contributed by atoms with Crippen LogP contribution in [0.2, 0.25) is 0 Å². The van der Waals surface area contributed by atoms with Crippen LogP contribution < -0.4 is 5.32 Å². The maximum Gasteiger partial charge on any atom is 0.250 e. The van der Waals surface area contributed by atoms with Crippen LogP contribution in [-0.2, 0) is 16.0 Å². The number of amides is 1. The van der Waals surface area contributed by atoms with E-state index in [4.69, 9.17) is 4.74 Å². The van der Waals surface area contributed by atoms with Crippen molar-refractivity contribution < 1.29 is 14.6 Å². The predicted molar refractivity (Wildman–Crippen MR) is 65.4 cm³/mol. The summed E-state index contributed by atoms with van der Waals surface area (Å²) < 4.78 is 4.89. The van der Waals surface area contributed by atoms with E-state index < -0.39 is 12.0 Å². The van der Waals surface area contributed by atoms with Crippen molar-refractivity contribution in [1.82, 2.24) is 5.32 Å². The van der Waals surface area contributed by atoms with Crippen LogP contribution >= 0.6 is 0 Å². The van der Waals surface area contributed by atoms with Crippen molar-refractivity contribution in [3.63, 3.8) is 0 Å². The molecule has 1 rings (SSSR count). The highest BCUT2D eigenvalue weighted by Gasteiger charge is 2.16. The number of hydrogen-bond donors (Lipinski definition) is 2. The second-order valence-electron chi connectivity index (χ2n) is 3.93. The third-order valence-electron chi connectivity index (χ3n) is 2.55. The summed E-state index contributed by atoms with van der Waals surface area (Å²) in [5, 5.41) is 12.2. The maximum absolute atomic E-state index is 11.5. The van der Waals surface area contributed by atoms with Crippen molar-refractivity contribution in [2.45, 2.75) is 32.1 Å². The molecule has 0 saturated heterocycles. The highest BCUT2D eigenvalue weighted by molar-refractivity contribution is 5.80. The molecule has 0 heterocycles. The van der Waals surface area contributed by atoms with Crippen LogP contribution in [0.3, 0.4) is 0 Å². The fraction of sp³-hybridized carbons (Fsp3) is 0.462. The molecule has 0 saturated carbocycles. The second-order valence-corrected chi connectivity index (χ2v) is 3.93. The number of aliphatic hydroxyl groups is 1. The van der Waals surface area contributed by atoms with Gasteiger partial charge in [-0.3, -0.25) is 4.79 Å². The first-order valence-electron chi connectivity index (χ1n) is 5.68. The second kappa shape index (κ2) is 7.04. The topological polar surface area (TPSA) is 58.6 Å². The maximum atomic E-state index is 11.5. The van der Waals surface area contributed by atoms with Crippen LogP contribution in [0, 0.1) is 0 Å². The van der Waals surface area contributed by atoms with Crippen LogP contribution in [0.25, 0.3) is 0 Å². The number of methoxy groups -OCH3 is 1. The van der Waals surface area contributed by atoms with Gasteiger partial charge in [-0.05, 0) is 25.3 Å². The molecule has 0 unspecified atom stereocenters. The number of carbonyl (C=O) groups excluding carboxylic acids is 1. The average Bonchev–Trinajstić information content (AvgIpc) is 2.36. The summed E-state index contributed by atoms with van der Waals surface area (Å²) in [7, 11) is 1.50. The minimum Gasteiger partial charge on any atom is -0.383 e. The van der Waals surface area contributed by atoms with Gasteiger partial charge in [-0.25, -0.2) is 0 Å². The lowest BCUT2D eigenvalue weighted by atomic mass is 10.1. The Morgan fingerprint density at radius 3 is 2.65 bits per heavy atom.